The van der Waals surface area contributed by atoms with Gasteiger partial charge in [0.05, 0.1) is 12.0 Å². The average molecular weight is 499 g/mol. The highest BCUT2D eigenvalue weighted by Gasteiger charge is 2.24. The molecule has 0 unspecified atom stereocenters. The average Bonchev–Trinajstić information content (AvgIpc) is 3.37. The minimum absolute atomic E-state index is 0.678. The molecular formula is C19H20BrIN2O. The van der Waals surface area contributed by atoms with Crippen molar-refractivity contribution in [2.24, 2.45) is 4.99 Å². The Hall–Kier alpha value is -1.08. The zero-order chi connectivity index (χ0) is 17.3. The van der Waals surface area contributed by atoms with Crippen LogP contribution < -0.4 is 4.74 Å². The number of benzene rings is 2. The number of halogens is 2. The van der Waals surface area contributed by atoms with E-state index in [2.05, 4.69) is 81.4 Å². The van der Waals surface area contributed by atoms with Crippen LogP contribution in [0.3, 0.4) is 0 Å². The van der Waals surface area contributed by atoms with Gasteiger partial charge in [-0.1, -0.05) is 0 Å². The van der Waals surface area contributed by atoms with Crippen LogP contribution in [0.2, 0.25) is 0 Å². The molecule has 0 spiro atoms. The van der Waals surface area contributed by atoms with Gasteiger partial charge in [-0.2, -0.15) is 0 Å². The number of nitrogens with zero attached hydrogens (tertiary/aromatic N) is 2. The Morgan fingerprint density at radius 1 is 1.21 bits per heavy atom. The summed E-state index contributed by atoms with van der Waals surface area (Å²) in [5.41, 5.74) is 3.19. The molecule has 126 valence electrons. The topological polar surface area (TPSA) is 24.8 Å². The van der Waals surface area contributed by atoms with E-state index in [9.17, 15) is 0 Å². The Labute approximate surface area is 165 Å². The van der Waals surface area contributed by atoms with Gasteiger partial charge in [-0.15, -0.1) is 0 Å². The minimum atomic E-state index is 0.678. The number of aryl methyl sites for hydroxylation is 2. The molecule has 0 aromatic heterocycles. The molecule has 0 N–H and O–H groups in total. The van der Waals surface area contributed by atoms with Crippen LogP contribution in [-0.2, 0) is 0 Å². The van der Waals surface area contributed by atoms with Crippen molar-refractivity contribution in [3.8, 4) is 11.5 Å². The van der Waals surface area contributed by atoms with Gasteiger partial charge in [0.25, 0.3) is 0 Å². The third-order valence-electron chi connectivity index (χ3n) is 4.11. The fraction of sp³-hybridized carbons (Fsp3) is 0.316. The van der Waals surface area contributed by atoms with E-state index >= 15 is 0 Å². The summed E-state index contributed by atoms with van der Waals surface area (Å²) in [7, 11) is 2.09. The zero-order valence-electron chi connectivity index (χ0n) is 14.0. The van der Waals surface area contributed by atoms with Crippen molar-refractivity contribution in [3.05, 3.63) is 49.5 Å². The largest absolute Gasteiger partial charge is 0.457 e. The monoisotopic (exact) mass is 498 g/mol. The van der Waals surface area contributed by atoms with Gasteiger partial charge in [0.1, 0.15) is 11.5 Å². The molecule has 2 aromatic carbocycles. The maximum absolute atomic E-state index is 6.06. The van der Waals surface area contributed by atoms with Gasteiger partial charge in [-0.25, -0.2) is 4.99 Å². The molecule has 5 heteroatoms. The molecule has 0 atom stereocenters. The van der Waals surface area contributed by atoms with Crippen molar-refractivity contribution < 1.29 is 4.74 Å². The van der Waals surface area contributed by atoms with Crippen molar-refractivity contribution in [1.82, 2.24) is 4.90 Å². The Morgan fingerprint density at radius 2 is 1.96 bits per heavy atom. The van der Waals surface area contributed by atoms with E-state index < -0.39 is 0 Å². The number of rotatable bonds is 5. The smallest absolute Gasteiger partial charge is 0.130 e. The highest BCUT2D eigenvalue weighted by molar-refractivity contribution is 14.1. The summed E-state index contributed by atoms with van der Waals surface area (Å²) in [6.45, 7) is 4.13. The molecule has 1 aliphatic carbocycles. The Morgan fingerprint density at radius 3 is 2.62 bits per heavy atom. The second-order valence-corrected chi connectivity index (χ2v) is 8.24. The van der Waals surface area contributed by atoms with Crippen LogP contribution in [0.15, 0.2) is 39.8 Å². The van der Waals surface area contributed by atoms with Gasteiger partial charge in [-0.3, -0.25) is 0 Å². The molecular weight excluding hydrogens is 479 g/mol. The third kappa shape index (κ3) is 4.30. The van der Waals surface area contributed by atoms with Crippen LogP contribution >= 0.6 is 38.5 Å². The van der Waals surface area contributed by atoms with Crippen molar-refractivity contribution in [2.75, 3.05) is 7.05 Å². The van der Waals surface area contributed by atoms with Crippen LogP contribution in [-0.4, -0.2) is 24.3 Å². The van der Waals surface area contributed by atoms with E-state index in [1.807, 2.05) is 24.5 Å². The maximum Gasteiger partial charge on any atom is 0.130 e. The van der Waals surface area contributed by atoms with Crippen molar-refractivity contribution in [1.29, 1.82) is 0 Å². The zero-order valence-corrected chi connectivity index (χ0v) is 17.8. The third-order valence-corrected chi connectivity index (χ3v) is 6.45. The second kappa shape index (κ2) is 7.44. The van der Waals surface area contributed by atoms with E-state index in [-0.39, 0.29) is 0 Å². The quantitative estimate of drug-likeness (QED) is 0.278. The number of hydrogen-bond acceptors (Lipinski definition) is 2. The second-order valence-electron chi connectivity index (χ2n) is 6.22. The normalized spacial score (nSPS) is 14.2. The minimum Gasteiger partial charge on any atom is -0.457 e. The first kappa shape index (κ1) is 17.7. The standard InChI is InChI=1S/C19H20BrIN2O/c1-12-9-19(24-15-6-7-17(21)16(20)10-15)13(2)8-18(12)22-11-23(3)14-4-5-14/h6-11,14H,4-5H2,1-3H3/b22-11+. The molecule has 24 heavy (non-hydrogen) atoms. The first-order valence-corrected chi connectivity index (χ1v) is 9.81. The van der Waals surface area contributed by atoms with Crippen molar-refractivity contribution in [2.45, 2.75) is 32.7 Å². The summed E-state index contributed by atoms with van der Waals surface area (Å²) in [6, 6.07) is 10.8. The van der Waals surface area contributed by atoms with Gasteiger partial charge in [-0.05, 0) is 107 Å². The lowest BCUT2D eigenvalue weighted by atomic mass is 10.1. The molecule has 3 rings (SSSR count). The highest BCUT2D eigenvalue weighted by atomic mass is 127. The highest BCUT2D eigenvalue weighted by Crippen LogP contribution is 2.33. The van der Waals surface area contributed by atoms with Crippen molar-refractivity contribution >= 4 is 50.5 Å². The predicted octanol–water partition coefficient (Wildman–Crippen LogP) is 6.22. The SMILES string of the molecule is Cc1cc(Oc2ccc(I)c(Br)c2)c(C)cc1/N=C/N(C)C1CC1. The molecule has 0 bridgehead atoms. The Kier molecular flexibility index (Phi) is 5.49. The van der Waals surface area contributed by atoms with Crippen LogP contribution in [0, 0.1) is 17.4 Å². The molecule has 0 radical (unpaired) electrons. The van der Waals surface area contributed by atoms with Crippen LogP contribution in [0.4, 0.5) is 5.69 Å². The predicted molar refractivity (Wildman–Crippen MR) is 112 cm³/mol. The van der Waals surface area contributed by atoms with Gasteiger partial charge in [0.15, 0.2) is 0 Å². The summed E-state index contributed by atoms with van der Waals surface area (Å²) in [5.74, 6) is 1.70. The lowest BCUT2D eigenvalue weighted by Gasteiger charge is -2.13. The van der Waals surface area contributed by atoms with Gasteiger partial charge >= 0.3 is 0 Å². The summed E-state index contributed by atoms with van der Waals surface area (Å²) in [4.78, 5) is 6.84. The maximum atomic E-state index is 6.06. The summed E-state index contributed by atoms with van der Waals surface area (Å²) < 4.78 is 8.26. The molecule has 0 aliphatic heterocycles. The van der Waals surface area contributed by atoms with Gasteiger partial charge < -0.3 is 9.64 Å². The van der Waals surface area contributed by atoms with Crippen molar-refractivity contribution in [3.63, 3.8) is 0 Å². The Balaban J connectivity index is 1.79. The van der Waals surface area contributed by atoms with Gasteiger partial charge in [0.2, 0.25) is 0 Å². The van der Waals surface area contributed by atoms with E-state index in [0.717, 1.165) is 36.4 Å². The van der Waals surface area contributed by atoms with E-state index in [0.29, 0.717) is 6.04 Å². The first-order chi connectivity index (χ1) is 11.4. The summed E-state index contributed by atoms with van der Waals surface area (Å²) in [6.07, 6.45) is 4.49. The fourth-order valence-corrected chi connectivity index (χ4v) is 3.11. The van der Waals surface area contributed by atoms with Crippen LogP contribution in [0.25, 0.3) is 0 Å². The molecule has 1 fully saturated rings. The molecule has 0 heterocycles. The number of ether oxygens (including phenoxy) is 1. The van der Waals surface area contributed by atoms with E-state index in [1.54, 1.807) is 0 Å². The van der Waals surface area contributed by atoms with E-state index in [4.69, 9.17) is 4.74 Å². The lowest BCUT2D eigenvalue weighted by Crippen LogP contribution is -2.17. The van der Waals surface area contributed by atoms with Gasteiger partial charge in [0, 0.05) is 21.1 Å². The molecule has 1 aliphatic rings. The molecule has 0 saturated heterocycles. The molecule has 3 nitrogen and oxygen atoms in total. The summed E-state index contributed by atoms with van der Waals surface area (Å²) >= 11 is 5.83. The first-order valence-electron chi connectivity index (χ1n) is 7.94. The molecule has 1 saturated carbocycles. The van der Waals surface area contributed by atoms with Crippen LogP contribution in [0.1, 0.15) is 24.0 Å². The summed E-state index contributed by atoms with van der Waals surface area (Å²) in [5, 5.41) is 0. The fourth-order valence-electron chi connectivity index (χ4n) is 2.42. The lowest BCUT2D eigenvalue weighted by molar-refractivity contribution is 0.478. The van der Waals surface area contributed by atoms with Crippen LogP contribution in [0.5, 0.6) is 11.5 Å². The molecule has 2 aromatic rings. The van der Waals surface area contributed by atoms with E-state index in [1.165, 1.54) is 12.8 Å². The molecule has 0 amide bonds. The number of aliphatic imine (C=N–C) groups is 1. The number of hydrogen-bond donors (Lipinski definition) is 0. The Bertz CT molecular complexity index is 787.